The SMILES string of the molecule is Nc1ncc(-c2cc(F)c(F)cc2F)s1. The van der Waals surface area contributed by atoms with Crippen LogP contribution in [0.4, 0.5) is 18.3 Å². The summed E-state index contributed by atoms with van der Waals surface area (Å²) < 4.78 is 38.7. The van der Waals surface area contributed by atoms with Crippen LogP contribution in [-0.4, -0.2) is 4.98 Å². The molecule has 0 spiro atoms. The van der Waals surface area contributed by atoms with E-state index in [1.807, 2.05) is 0 Å². The van der Waals surface area contributed by atoms with Crippen molar-refractivity contribution in [3.05, 3.63) is 35.8 Å². The van der Waals surface area contributed by atoms with Crippen LogP contribution in [0.15, 0.2) is 18.3 Å². The molecule has 0 fully saturated rings. The predicted molar refractivity (Wildman–Crippen MR) is 51.8 cm³/mol. The fourth-order valence-corrected chi connectivity index (χ4v) is 1.83. The van der Waals surface area contributed by atoms with Crippen LogP contribution >= 0.6 is 11.3 Å². The summed E-state index contributed by atoms with van der Waals surface area (Å²) in [6.07, 6.45) is 1.32. The summed E-state index contributed by atoms with van der Waals surface area (Å²) in [6, 6.07) is 1.29. The number of nitrogen functional groups attached to an aromatic ring is 1. The lowest BCUT2D eigenvalue weighted by Crippen LogP contribution is -1.89. The Bertz CT molecular complexity index is 510. The van der Waals surface area contributed by atoms with E-state index in [2.05, 4.69) is 4.98 Å². The van der Waals surface area contributed by atoms with Gasteiger partial charge in [0.25, 0.3) is 0 Å². The fourth-order valence-electron chi connectivity index (χ4n) is 1.12. The zero-order valence-electron chi connectivity index (χ0n) is 7.30. The maximum Gasteiger partial charge on any atom is 0.180 e. The van der Waals surface area contributed by atoms with Gasteiger partial charge in [0.05, 0.1) is 4.88 Å². The van der Waals surface area contributed by atoms with Gasteiger partial charge in [-0.05, 0) is 6.07 Å². The molecule has 6 heteroatoms. The first-order chi connectivity index (χ1) is 7.08. The molecule has 15 heavy (non-hydrogen) atoms. The average molecular weight is 230 g/mol. The third kappa shape index (κ3) is 1.80. The first-order valence-electron chi connectivity index (χ1n) is 3.94. The molecular weight excluding hydrogens is 225 g/mol. The normalized spacial score (nSPS) is 10.6. The van der Waals surface area contributed by atoms with E-state index < -0.39 is 17.5 Å². The minimum atomic E-state index is -1.21. The highest BCUT2D eigenvalue weighted by atomic mass is 32.1. The van der Waals surface area contributed by atoms with E-state index in [0.717, 1.165) is 17.4 Å². The van der Waals surface area contributed by atoms with Crippen LogP contribution in [0, 0.1) is 17.5 Å². The molecule has 1 aromatic heterocycles. The maximum atomic E-state index is 13.3. The molecule has 1 aromatic carbocycles. The largest absolute Gasteiger partial charge is 0.375 e. The number of nitrogens with two attached hydrogens (primary N) is 1. The van der Waals surface area contributed by atoms with Gasteiger partial charge in [-0.2, -0.15) is 0 Å². The number of thiazole rings is 1. The van der Waals surface area contributed by atoms with Crippen molar-refractivity contribution >= 4 is 16.5 Å². The second-order valence-corrected chi connectivity index (χ2v) is 3.87. The second-order valence-electron chi connectivity index (χ2n) is 2.81. The third-order valence-electron chi connectivity index (χ3n) is 1.80. The monoisotopic (exact) mass is 230 g/mol. The summed E-state index contributed by atoms with van der Waals surface area (Å²) in [5.74, 6) is -3.15. The van der Waals surface area contributed by atoms with Gasteiger partial charge in [-0.1, -0.05) is 11.3 Å². The predicted octanol–water partition coefficient (Wildman–Crippen LogP) is 2.81. The van der Waals surface area contributed by atoms with E-state index in [1.165, 1.54) is 6.20 Å². The van der Waals surface area contributed by atoms with Gasteiger partial charge in [-0.15, -0.1) is 0 Å². The summed E-state index contributed by atoms with van der Waals surface area (Å²) in [6.45, 7) is 0. The smallest absolute Gasteiger partial charge is 0.180 e. The van der Waals surface area contributed by atoms with Crippen LogP contribution in [0.25, 0.3) is 10.4 Å². The first kappa shape index (κ1) is 9.97. The number of aromatic nitrogens is 1. The van der Waals surface area contributed by atoms with Crippen molar-refractivity contribution in [1.82, 2.24) is 4.98 Å². The molecule has 2 aromatic rings. The van der Waals surface area contributed by atoms with E-state index in [9.17, 15) is 13.2 Å². The molecular formula is C9H5F3N2S. The molecule has 2 rings (SSSR count). The van der Waals surface area contributed by atoms with Crippen LogP contribution < -0.4 is 5.73 Å². The van der Waals surface area contributed by atoms with Crippen LogP contribution in [0.3, 0.4) is 0 Å². The van der Waals surface area contributed by atoms with Gasteiger partial charge in [-0.25, -0.2) is 18.2 Å². The van der Waals surface area contributed by atoms with Crippen LogP contribution in [-0.2, 0) is 0 Å². The Hall–Kier alpha value is -1.56. The number of nitrogens with zero attached hydrogens (tertiary/aromatic N) is 1. The molecule has 0 aliphatic rings. The van der Waals surface area contributed by atoms with Gasteiger partial charge in [0.2, 0.25) is 0 Å². The van der Waals surface area contributed by atoms with Gasteiger partial charge in [0, 0.05) is 17.8 Å². The molecule has 1 heterocycles. The van der Waals surface area contributed by atoms with E-state index in [0.29, 0.717) is 10.9 Å². The summed E-state index contributed by atoms with van der Waals surface area (Å²) in [5, 5.41) is 0.245. The summed E-state index contributed by atoms with van der Waals surface area (Å²) >= 11 is 1.01. The van der Waals surface area contributed by atoms with Crippen molar-refractivity contribution in [2.75, 3.05) is 5.73 Å². The maximum absolute atomic E-state index is 13.3. The molecule has 0 saturated heterocycles. The number of rotatable bonds is 1. The minimum absolute atomic E-state index is 0.0388. The Morgan fingerprint density at radius 3 is 2.33 bits per heavy atom. The Morgan fingerprint density at radius 1 is 1.07 bits per heavy atom. The van der Waals surface area contributed by atoms with Crippen molar-refractivity contribution in [1.29, 1.82) is 0 Å². The number of anilines is 1. The molecule has 78 valence electrons. The van der Waals surface area contributed by atoms with Gasteiger partial charge in [-0.3, -0.25) is 0 Å². The van der Waals surface area contributed by atoms with Crippen LogP contribution in [0.1, 0.15) is 0 Å². The van der Waals surface area contributed by atoms with Crippen LogP contribution in [0.5, 0.6) is 0 Å². The van der Waals surface area contributed by atoms with E-state index in [4.69, 9.17) is 5.73 Å². The molecule has 0 saturated carbocycles. The van der Waals surface area contributed by atoms with Crippen molar-refractivity contribution in [2.45, 2.75) is 0 Å². The van der Waals surface area contributed by atoms with E-state index in [1.54, 1.807) is 0 Å². The number of hydrogen-bond acceptors (Lipinski definition) is 3. The number of halogens is 3. The third-order valence-corrected chi connectivity index (χ3v) is 2.66. The summed E-state index contributed by atoms with van der Waals surface area (Å²) in [7, 11) is 0. The Morgan fingerprint density at radius 2 is 1.73 bits per heavy atom. The number of benzene rings is 1. The highest BCUT2D eigenvalue weighted by molar-refractivity contribution is 7.18. The second kappa shape index (κ2) is 3.54. The molecule has 2 N–H and O–H groups in total. The topological polar surface area (TPSA) is 38.9 Å². The van der Waals surface area contributed by atoms with E-state index >= 15 is 0 Å². The highest BCUT2D eigenvalue weighted by Gasteiger charge is 2.13. The zero-order valence-corrected chi connectivity index (χ0v) is 8.12. The summed E-state index contributed by atoms with van der Waals surface area (Å²) in [4.78, 5) is 4.06. The number of hydrogen-bond donors (Lipinski definition) is 1. The molecule has 2 nitrogen and oxygen atoms in total. The lowest BCUT2D eigenvalue weighted by Gasteiger charge is -2.00. The Labute approximate surface area is 87.2 Å². The fraction of sp³-hybridized carbons (Fsp3) is 0. The van der Waals surface area contributed by atoms with Gasteiger partial charge >= 0.3 is 0 Å². The quantitative estimate of drug-likeness (QED) is 0.765. The van der Waals surface area contributed by atoms with Crippen molar-refractivity contribution < 1.29 is 13.2 Å². The van der Waals surface area contributed by atoms with Crippen molar-refractivity contribution in [3.8, 4) is 10.4 Å². The molecule has 0 radical (unpaired) electrons. The minimum Gasteiger partial charge on any atom is -0.375 e. The van der Waals surface area contributed by atoms with Crippen molar-refractivity contribution in [2.24, 2.45) is 0 Å². The zero-order chi connectivity index (χ0) is 11.0. The molecule has 0 bridgehead atoms. The van der Waals surface area contributed by atoms with Gasteiger partial charge in [0.15, 0.2) is 16.8 Å². The van der Waals surface area contributed by atoms with Crippen LogP contribution in [0.2, 0.25) is 0 Å². The molecule has 0 unspecified atom stereocenters. The average Bonchev–Trinajstić information content (AvgIpc) is 2.58. The molecule has 0 aliphatic carbocycles. The lowest BCUT2D eigenvalue weighted by molar-refractivity contribution is 0.496. The Balaban J connectivity index is 2.58. The molecule has 0 atom stereocenters. The van der Waals surface area contributed by atoms with Gasteiger partial charge < -0.3 is 5.73 Å². The highest BCUT2D eigenvalue weighted by Crippen LogP contribution is 2.30. The molecule has 0 aliphatic heterocycles. The summed E-state index contributed by atoms with van der Waals surface area (Å²) in [5.41, 5.74) is 5.31. The Kier molecular flexibility index (Phi) is 2.36. The van der Waals surface area contributed by atoms with Gasteiger partial charge in [0.1, 0.15) is 5.82 Å². The van der Waals surface area contributed by atoms with Crippen molar-refractivity contribution in [3.63, 3.8) is 0 Å². The first-order valence-corrected chi connectivity index (χ1v) is 4.76. The standard InChI is InChI=1S/C9H5F3N2S/c10-5-2-7(12)6(11)1-4(5)8-3-14-9(13)15-8/h1-3H,(H2,13,14). The lowest BCUT2D eigenvalue weighted by atomic mass is 10.2. The van der Waals surface area contributed by atoms with E-state index in [-0.39, 0.29) is 10.7 Å². The molecule has 0 amide bonds.